The zero-order valence-corrected chi connectivity index (χ0v) is 9.35. The summed E-state index contributed by atoms with van der Waals surface area (Å²) in [6.45, 7) is 3.90. The summed E-state index contributed by atoms with van der Waals surface area (Å²) in [5.41, 5.74) is 2.68. The topological polar surface area (TPSA) is 45.8 Å². The highest BCUT2D eigenvalue weighted by Gasteiger charge is 2.06. The molecule has 0 radical (unpaired) electrons. The molecule has 78 valence electrons. The maximum atomic E-state index is 11.7. The zero-order valence-electron chi connectivity index (χ0n) is 8.60. The van der Waals surface area contributed by atoms with E-state index in [-0.39, 0.29) is 11.4 Å². The predicted octanol–water partition coefficient (Wildman–Crippen LogP) is 2.28. The summed E-state index contributed by atoms with van der Waals surface area (Å²) in [5.74, 6) is 0.736. The van der Waals surface area contributed by atoms with Gasteiger partial charge >= 0.3 is 0 Å². The van der Waals surface area contributed by atoms with Crippen LogP contribution in [0, 0.1) is 13.8 Å². The molecule has 0 aliphatic carbocycles. The third-order valence-electron chi connectivity index (χ3n) is 2.32. The Morgan fingerprint density at radius 3 is 2.80 bits per heavy atom. The highest BCUT2D eigenvalue weighted by molar-refractivity contribution is 6.16. The fraction of sp³-hybridized carbons (Fsp3) is 0.273. The van der Waals surface area contributed by atoms with E-state index in [4.69, 9.17) is 11.6 Å². The van der Waals surface area contributed by atoms with Crippen LogP contribution in [0.1, 0.15) is 17.0 Å². The van der Waals surface area contributed by atoms with Crippen LogP contribution in [0.5, 0.6) is 0 Å². The number of nitrogens with zero attached hydrogens (tertiary/aromatic N) is 1. The Balaban J connectivity index is 2.91. The summed E-state index contributed by atoms with van der Waals surface area (Å²) in [6, 6.07) is 3.85. The molecule has 0 unspecified atom stereocenters. The summed E-state index contributed by atoms with van der Waals surface area (Å²) in [7, 11) is 0. The number of H-pyrrole nitrogens is 1. The first-order valence-corrected chi connectivity index (χ1v) is 5.21. The highest BCUT2D eigenvalue weighted by atomic mass is 35.5. The lowest BCUT2D eigenvalue weighted by molar-refractivity contribution is 1.03. The highest BCUT2D eigenvalue weighted by Crippen LogP contribution is 2.15. The van der Waals surface area contributed by atoms with Crippen LogP contribution in [-0.4, -0.2) is 9.97 Å². The number of aromatic nitrogens is 2. The van der Waals surface area contributed by atoms with E-state index in [9.17, 15) is 4.79 Å². The molecule has 2 aromatic rings. The van der Waals surface area contributed by atoms with E-state index in [1.54, 1.807) is 0 Å². The number of nitrogens with one attached hydrogen (secondary N) is 1. The summed E-state index contributed by atoms with van der Waals surface area (Å²) in [5, 5.41) is 0.626. The Labute approximate surface area is 92.1 Å². The van der Waals surface area contributed by atoms with E-state index in [1.807, 2.05) is 26.0 Å². The van der Waals surface area contributed by atoms with Gasteiger partial charge in [-0.1, -0.05) is 6.07 Å². The van der Waals surface area contributed by atoms with Gasteiger partial charge in [0, 0.05) is 0 Å². The van der Waals surface area contributed by atoms with Crippen LogP contribution in [0.3, 0.4) is 0 Å². The van der Waals surface area contributed by atoms with Gasteiger partial charge < -0.3 is 4.98 Å². The number of benzene rings is 1. The minimum atomic E-state index is -0.123. The second-order valence-electron chi connectivity index (χ2n) is 3.62. The molecule has 3 nitrogen and oxygen atoms in total. The van der Waals surface area contributed by atoms with Crippen molar-refractivity contribution in [2.24, 2.45) is 0 Å². The van der Waals surface area contributed by atoms with Gasteiger partial charge in [0.15, 0.2) is 0 Å². The van der Waals surface area contributed by atoms with E-state index in [0.29, 0.717) is 11.2 Å². The standard InChI is InChI=1S/C11H11ClN2O/c1-6-3-7(2)10-8(4-6)11(15)14-9(5-12)13-10/h3-4H,5H2,1-2H3,(H,13,14,15). The number of hydrogen-bond acceptors (Lipinski definition) is 2. The quantitative estimate of drug-likeness (QED) is 0.753. The molecule has 1 aromatic heterocycles. The van der Waals surface area contributed by atoms with Gasteiger partial charge in [0.2, 0.25) is 0 Å². The first-order chi connectivity index (χ1) is 7.11. The smallest absolute Gasteiger partial charge is 0.258 e. The maximum Gasteiger partial charge on any atom is 0.258 e. The minimum absolute atomic E-state index is 0.123. The fourth-order valence-corrected chi connectivity index (χ4v) is 1.83. The van der Waals surface area contributed by atoms with Crippen molar-refractivity contribution < 1.29 is 0 Å². The molecule has 0 aliphatic rings. The van der Waals surface area contributed by atoms with Crippen LogP contribution in [0.4, 0.5) is 0 Å². The molecule has 0 saturated heterocycles. The summed E-state index contributed by atoms with van der Waals surface area (Å²) in [4.78, 5) is 18.7. The van der Waals surface area contributed by atoms with E-state index in [2.05, 4.69) is 9.97 Å². The molecule has 0 amide bonds. The molecule has 0 atom stereocenters. The van der Waals surface area contributed by atoms with E-state index >= 15 is 0 Å². The van der Waals surface area contributed by atoms with Crippen LogP contribution in [0.2, 0.25) is 0 Å². The van der Waals surface area contributed by atoms with Crippen molar-refractivity contribution in [3.05, 3.63) is 39.4 Å². The second-order valence-corrected chi connectivity index (χ2v) is 3.89. The third-order valence-corrected chi connectivity index (χ3v) is 2.57. The molecule has 1 aromatic carbocycles. The third kappa shape index (κ3) is 1.75. The average molecular weight is 223 g/mol. The van der Waals surface area contributed by atoms with Gasteiger partial charge in [-0.05, 0) is 31.0 Å². The molecule has 0 bridgehead atoms. The van der Waals surface area contributed by atoms with Gasteiger partial charge in [-0.3, -0.25) is 4.79 Å². The van der Waals surface area contributed by atoms with Crippen molar-refractivity contribution in [3.8, 4) is 0 Å². The van der Waals surface area contributed by atoms with Gasteiger partial charge in [0.25, 0.3) is 5.56 Å². The summed E-state index contributed by atoms with van der Waals surface area (Å²) >= 11 is 5.65. The van der Waals surface area contributed by atoms with E-state index < -0.39 is 0 Å². The number of hydrogen-bond donors (Lipinski definition) is 1. The summed E-state index contributed by atoms with van der Waals surface area (Å²) < 4.78 is 0. The van der Waals surface area contributed by atoms with Gasteiger partial charge in [0.05, 0.1) is 16.8 Å². The number of aryl methyl sites for hydroxylation is 2. The number of alkyl halides is 1. The van der Waals surface area contributed by atoms with E-state index in [0.717, 1.165) is 16.6 Å². The second kappa shape index (κ2) is 3.66. The van der Waals surface area contributed by atoms with Crippen LogP contribution >= 0.6 is 11.6 Å². The van der Waals surface area contributed by atoms with Crippen molar-refractivity contribution in [3.63, 3.8) is 0 Å². The Kier molecular flexibility index (Phi) is 2.49. The predicted molar refractivity (Wildman–Crippen MR) is 61.4 cm³/mol. The maximum absolute atomic E-state index is 11.7. The molecular weight excluding hydrogens is 212 g/mol. The van der Waals surface area contributed by atoms with Gasteiger partial charge in [-0.15, -0.1) is 11.6 Å². The Hall–Kier alpha value is -1.35. The van der Waals surface area contributed by atoms with Gasteiger partial charge in [-0.25, -0.2) is 4.98 Å². The fourth-order valence-electron chi connectivity index (χ4n) is 1.71. The molecule has 1 heterocycles. The molecule has 4 heteroatoms. The van der Waals surface area contributed by atoms with Crippen molar-refractivity contribution in [2.75, 3.05) is 0 Å². The lowest BCUT2D eigenvalue weighted by Crippen LogP contribution is -2.11. The molecule has 0 fully saturated rings. The first-order valence-electron chi connectivity index (χ1n) is 4.68. The normalized spacial score (nSPS) is 10.9. The molecule has 15 heavy (non-hydrogen) atoms. The van der Waals surface area contributed by atoms with Crippen molar-refractivity contribution in [2.45, 2.75) is 19.7 Å². The number of fused-ring (bicyclic) bond motifs is 1. The Bertz CT molecular complexity index is 575. The van der Waals surface area contributed by atoms with Gasteiger partial charge in [0.1, 0.15) is 5.82 Å². The number of aromatic amines is 1. The average Bonchev–Trinajstić information content (AvgIpc) is 2.19. The molecule has 2 rings (SSSR count). The Morgan fingerprint density at radius 1 is 1.40 bits per heavy atom. The van der Waals surface area contributed by atoms with Crippen LogP contribution < -0.4 is 5.56 Å². The molecule has 1 N–H and O–H groups in total. The molecule has 0 saturated carbocycles. The monoisotopic (exact) mass is 222 g/mol. The number of rotatable bonds is 1. The first kappa shape index (κ1) is 10.2. The van der Waals surface area contributed by atoms with Crippen molar-refractivity contribution in [1.82, 2.24) is 9.97 Å². The lowest BCUT2D eigenvalue weighted by Gasteiger charge is -2.04. The number of halogens is 1. The van der Waals surface area contributed by atoms with Crippen molar-refractivity contribution in [1.29, 1.82) is 0 Å². The molecule has 0 aliphatic heterocycles. The molecular formula is C11H11ClN2O. The SMILES string of the molecule is Cc1cc(C)c2nc(CCl)[nH]c(=O)c2c1. The zero-order chi connectivity index (χ0) is 11.0. The van der Waals surface area contributed by atoms with Crippen LogP contribution in [0.25, 0.3) is 10.9 Å². The Morgan fingerprint density at radius 2 is 2.13 bits per heavy atom. The minimum Gasteiger partial charge on any atom is -0.309 e. The van der Waals surface area contributed by atoms with Crippen LogP contribution in [0.15, 0.2) is 16.9 Å². The van der Waals surface area contributed by atoms with Crippen LogP contribution in [-0.2, 0) is 5.88 Å². The largest absolute Gasteiger partial charge is 0.309 e. The summed E-state index contributed by atoms with van der Waals surface area (Å²) in [6.07, 6.45) is 0. The molecule has 0 spiro atoms. The van der Waals surface area contributed by atoms with Gasteiger partial charge in [-0.2, -0.15) is 0 Å². The van der Waals surface area contributed by atoms with Crippen molar-refractivity contribution >= 4 is 22.5 Å². The lowest BCUT2D eigenvalue weighted by atomic mass is 10.1. The van der Waals surface area contributed by atoms with E-state index in [1.165, 1.54) is 0 Å².